The molecule has 9 aromatic rings. The largest absolute Gasteiger partial charge is 2.00 e. The maximum atomic E-state index is 12.1. The summed E-state index contributed by atoms with van der Waals surface area (Å²) in [5.41, 5.74) is 13.8. The number of carboxylic acid groups (broad SMARTS) is 1. The van der Waals surface area contributed by atoms with Gasteiger partial charge in [-0.3, -0.25) is 18.9 Å². The van der Waals surface area contributed by atoms with Crippen molar-refractivity contribution in [3.05, 3.63) is 299 Å². The number of nitriles is 1. The van der Waals surface area contributed by atoms with Crippen LogP contribution < -0.4 is 26.9 Å². The number of nitrogens with two attached hydrogens (primary N) is 1. The van der Waals surface area contributed by atoms with Crippen LogP contribution >= 0.6 is 7.60 Å². The van der Waals surface area contributed by atoms with Gasteiger partial charge in [-0.2, -0.15) is 40.7 Å². The fraction of sp³-hybridized carbons (Fsp3) is 0.379. The normalized spacial score (nSPS) is 14.4. The van der Waals surface area contributed by atoms with Crippen LogP contribution in [0.4, 0.5) is 11.4 Å². The average Bonchev–Trinajstić information content (AvgIpc) is 1.32. The molecule has 0 saturated heterocycles. The number of rotatable bonds is 29. The molecule has 5 fully saturated rings. The van der Waals surface area contributed by atoms with E-state index in [0.29, 0.717) is 45.8 Å². The molecule has 14 rings (SSSR count). The number of aryl methyl sites for hydroxylation is 1. The van der Waals surface area contributed by atoms with Crippen molar-refractivity contribution in [3.63, 3.8) is 0 Å². The summed E-state index contributed by atoms with van der Waals surface area (Å²) in [6, 6.07) is 76.9. The Bertz CT molecular complexity index is 4470. The summed E-state index contributed by atoms with van der Waals surface area (Å²) in [4.78, 5) is 55.5. The van der Waals surface area contributed by atoms with Gasteiger partial charge in [0.1, 0.15) is 34.5 Å². The zero-order valence-corrected chi connectivity index (χ0v) is 74.5. The number of aldehydes is 1. The first-order chi connectivity index (χ1) is 54.1. The number of Topliss-reactive ketones (excluding diaryl/α,β-unsaturated/α-hetero) is 2. The molecule has 0 bridgehead atoms. The summed E-state index contributed by atoms with van der Waals surface area (Å²) in [6.45, 7) is 20.2. The van der Waals surface area contributed by atoms with Crippen molar-refractivity contribution in [2.75, 3.05) is 29.3 Å². The number of carboxylic acids is 1. The summed E-state index contributed by atoms with van der Waals surface area (Å²) in [5.74, 6) is 2.84. The molecule has 5 aliphatic rings. The SMILES string of the molecule is C.CCOP(=O)(CC(=O)c1ccccc1)OCC.C[Si](C)(C)N(c1c[c-]ccc1)[Si](C)(C)C.Cc1cc(C(=O)O)n(-c2cccc(C#N)c2)n1.Nc1cccc(C(O)(CCC2CC2)c2ccccc2)c1.O=C(/C=C/C1CC1)c1ccccc1.O=C(CCC1CC1)c1ccccc1.O=CC1CC1.OC(CCC1CC1)c1ccccc1.[Br-].[Mg+2]. The average molecular weight is 1700 g/mol. The Hall–Kier alpha value is -8.30. The van der Waals surface area contributed by atoms with Crippen LogP contribution in [0.5, 0.6) is 0 Å². The minimum atomic E-state index is -3.29. The number of hydrogen-bond acceptors (Lipinski definition) is 14. The number of aromatic nitrogens is 2. The van der Waals surface area contributed by atoms with Crippen LogP contribution in [-0.2, 0) is 24.0 Å². The van der Waals surface area contributed by atoms with E-state index >= 15 is 0 Å². The quantitative estimate of drug-likeness (QED) is 0.00647. The molecule has 8 aromatic carbocycles. The fourth-order valence-electron chi connectivity index (χ4n) is 12.7. The Morgan fingerprint density at radius 2 is 1.14 bits per heavy atom. The summed E-state index contributed by atoms with van der Waals surface area (Å²) < 4.78 is 26.3. The Morgan fingerprint density at radius 1 is 0.647 bits per heavy atom. The van der Waals surface area contributed by atoms with Gasteiger partial charge in [-0.25, -0.2) is 9.48 Å². The van der Waals surface area contributed by atoms with Crippen LogP contribution in [-0.4, -0.2) is 114 Å². The van der Waals surface area contributed by atoms with Crippen LogP contribution in [0.3, 0.4) is 0 Å². The fourth-order valence-corrected chi connectivity index (χ4v) is 24.1. The van der Waals surface area contributed by atoms with Crippen molar-refractivity contribution >= 4 is 88.1 Å². The maximum absolute atomic E-state index is 12.1. The number of aliphatic hydroxyl groups is 2. The third kappa shape index (κ3) is 37.1. The molecule has 21 heteroatoms. The van der Waals surface area contributed by atoms with Crippen LogP contribution in [0.15, 0.2) is 243 Å². The van der Waals surface area contributed by atoms with Crippen molar-refractivity contribution in [2.24, 2.45) is 29.6 Å². The molecule has 1 aromatic heterocycles. The van der Waals surface area contributed by atoms with Gasteiger partial charge in [-0.15, -0.1) is 0 Å². The maximum Gasteiger partial charge on any atom is 2.00 e. The number of carbonyl (C=O) groups excluding carboxylic acids is 4. The Kier molecular flexibility index (Phi) is 44.1. The van der Waals surface area contributed by atoms with Gasteiger partial charge in [0.05, 0.1) is 42.3 Å². The van der Waals surface area contributed by atoms with E-state index in [1.54, 1.807) is 75.4 Å². The summed E-state index contributed by atoms with van der Waals surface area (Å²) >= 11 is 0. The molecule has 1 heterocycles. The first-order valence-electron chi connectivity index (χ1n) is 39.9. The summed E-state index contributed by atoms with van der Waals surface area (Å²) in [5, 5.41) is 43.0. The second-order valence-corrected chi connectivity index (χ2v) is 43.4. The predicted octanol–water partition coefficient (Wildman–Crippen LogP) is 19.2. The number of aromatic carboxylic acids is 1. The summed E-state index contributed by atoms with van der Waals surface area (Å²) in [6.07, 6.45) is 22.9. The third-order valence-electron chi connectivity index (χ3n) is 19.2. The summed E-state index contributed by atoms with van der Waals surface area (Å²) in [7, 11) is -5.87. The molecule has 2 unspecified atom stereocenters. The molecule has 5 N–H and O–H groups in total. The van der Waals surface area contributed by atoms with Gasteiger partial charge in [-0.05, 0) is 161 Å². The molecule has 2 atom stereocenters. The van der Waals surface area contributed by atoms with Gasteiger partial charge in [0, 0.05) is 34.7 Å². The number of allylic oxidation sites excluding steroid dienone is 2. The number of anilines is 2. The van der Waals surface area contributed by atoms with Crippen LogP contribution in [0.25, 0.3) is 5.69 Å². The molecule has 0 amide bonds. The monoisotopic (exact) mass is 1700 g/mol. The van der Waals surface area contributed by atoms with Crippen molar-refractivity contribution in [1.82, 2.24) is 9.78 Å². The number of halogens is 1. The van der Waals surface area contributed by atoms with E-state index < -0.39 is 35.6 Å². The second-order valence-electron chi connectivity index (χ2n) is 31.3. The van der Waals surface area contributed by atoms with Gasteiger partial charge < -0.3 is 56.1 Å². The van der Waals surface area contributed by atoms with E-state index in [1.165, 1.54) is 74.2 Å². The van der Waals surface area contributed by atoms with Crippen molar-refractivity contribution in [1.29, 1.82) is 5.26 Å². The molecule has 0 spiro atoms. The number of aliphatic hydroxyl groups excluding tert-OH is 1. The van der Waals surface area contributed by atoms with Crippen LogP contribution in [0, 0.1) is 53.9 Å². The Morgan fingerprint density at radius 3 is 1.60 bits per heavy atom. The number of hydrogen-bond donors (Lipinski definition) is 4. The van der Waals surface area contributed by atoms with Gasteiger partial charge in [0.2, 0.25) is 0 Å². The number of ketones is 3. The topological polar surface area (TPSA) is 252 Å². The number of benzene rings is 8. The molecular formula is C95H121BrMgN5O11PSi2. The smallest absolute Gasteiger partial charge is 1.00 e. The first-order valence-corrected chi connectivity index (χ1v) is 48.5. The van der Waals surface area contributed by atoms with Crippen molar-refractivity contribution in [2.45, 2.75) is 182 Å². The Labute approximate surface area is 719 Å². The third-order valence-corrected chi connectivity index (χ3v) is 28.4. The number of nitrogens with zero attached hydrogens (tertiary/aromatic N) is 4. The zero-order valence-electron chi connectivity index (χ0n) is 68.6. The van der Waals surface area contributed by atoms with Crippen molar-refractivity contribution in [3.8, 4) is 11.8 Å². The minimum absolute atomic E-state index is 0. The number of carbonyl (C=O) groups is 5. The second kappa shape index (κ2) is 51.1. The van der Waals surface area contributed by atoms with Crippen LogP contribution in [0.2, 0.25) is 39.3 Å². The molecule has 16 nitrogen and oxygen atoms in total. The molecular weight excluding hydrogens is 1580 g/mol. The van der Waals surface area contributed by atoms with Gasteiger partial charge in [0.25, 0.3) is 0 Å². The van der Waals surface area contributed by atoms with E-state index in [4.69, 9.17) is 25.1 Å². The number of nitrogen functional groups attached to an aromatic ring is 1. The molecule has 5 aliphatic carbocycles. The minimum Gasteiger partial charge on any atom is -1.00 e. The molecule has 614 valence electrons. The van der Waals surface area contributed by atoms with E-state index in [9.17, 15) is 38.8 Å². The zero-order chi connectivity index (χ0) is 81.8. The van der Waals surface area contributed by atoms with E-state index in [-0.39, 0.29) is 90.2 Å². The van der Waals surface area contributed by atoms with Gasteiger partial charge in [0.15, 0.2) is 23.0 Å². The molecule has 0 radical (unpaired) electrons. The standard InChI is InChI=1S/C18H21NO.C12H9N3O2.C12H22NSi2.C12H17O4P.C12H16O.C12H14O.C12H12O.C4H6O.CH4.BrH.Mg/c19-17-8-4-7-16(13-17)18(20,12-11-14-9-10-14)15-5-2-1-3-6-15;1-8-5-11(12(16)17)15(14-8)10-4-2-3-9(6-10)7-13;1-14(2,3)13(15(4,5)6)12-10-8-7-9-11-12;1-3-15-17(14,16-4-2)10-12(13)11-8-6-5-7-9-11;3*13-12(9-8-10-6-7-10)11-4-2-1-3-5-11;5-3-4-1-2-4;;;/h1-8,13-14,20H,9-12,19H2;2-6H,1H3,(H,16,17);7-8,10-11H,1-6H3;5-9H,3-4,10H2,1-2H3;1-5,10,12-13H,6-9H2;1-5,10H,6-9H2;1-5,8-10H,6-7H2;3-4H,1-2H2;1H4;1H;/q;;-1;;;;;;;;+2/p-1/b;;;;;;9-8+;;;;. The van der Waals surface area contributed by atoms with Gasteiger partial charge in [-0.1, -0.05) is 267 Å². The molecule has 0 aliphatic heterocycles. The molecule has 116 heavy (non-hydrogen) atoms. The Balaban J connectivity index is 0.000000282. The molecule has 5 saturated carbocycles. The van der Waals surface area contributed by atoms with E-state index in [0.717, 1.165) is 96.8 Å². The van der Waals surface area contributed by atoms with E-state index in [2.05, 4.69) is 72.9 Å². The predicted molar refractivity (Wildman–Crippen MR) is 473 cm³/mol. The van der Waals surface area contributed by atoms with Gasteiger partial charge >= 0.3 is 36.6 Å². The van der Waals surface area contributed by atoms with Crippen molar-refractivity contribution < 1.29 is 69.9 Å². The van der Waals surface area contributed by atoms with Crippen LogP contribution in [0.1, 0.15) is 200 Å². The van der Waals surface area contributed by atoms with E-state index in [1.807, 2.05) is 170 Å². The first kappa shape index (κ1) is 100.